The van der Waals surface area contributed by atoms with E-state index in [9.17, 15) is 0 Å². The number of fused-ring (bicyclic) bond motifs is 4. The number of hydrogen-bond acceptors (Lipinski definition) is 0. The molecule has 0 aliphatic rings. The van der Waals surface area contributed by atoms with Gasteiger partial charge in [0.15, 0.2) is 44.1 Å². The molecule has 8 rings (SSSR count). The highest BCUT2D eigenvalue weighted by atomic mass is 127. The second-order valence-corrected chi connectivity index (χ2v) is 17.3. The van der Waals surface area contributed by atoms with Crippen LogP contribution in [0.15, 0.2) is 122 Å². The van der Waals surface area contributed by atoms with Crippen molar-refractivity contribution in [1.82, 2.24) is 18.3 Å². The summed E-state index contributed by atoms with van der Waals surface area (Å²) in [6.45, 7) is 4.51. The van der Waals surface area contributed by atoms with Gasteiger partial charge in [-0.25, -0.2) is 36.5 Å². The van der Waals surface area contributed by atoms with Gasteiger partial charge in [0.05, 0.1) is 54.4 Å². The van der Waals surface area contributed by atoms with Gasteiger partial charge in [0.25, 0.3) is 0 Å². The number of benzene rings is 4. The second kappa shape index (κ2) is 30.9. The molecule has 8 aromatic rings. The lowest BCUT2D eigenvalue weighted by molar-refractivity contribution is -0.645. The van der Waals surface area contributed by atoms with Crippen LogP contribution in [0.3, 0.4) is 0 Å². The van der Waals surface area contributed by atoms with E-state index in [0.717, 1.165) is 26.2 Å². The van der Waals surface area contributed by atoms with Gasteiger partial charge in [-0.2, -0.15) is 0 Å². The Bertz CT molecular complexity index is 2210. The van der Waals surface area contributed by atoms with E-state index in [1.807, 2.05) is 0 Å². The molecule has 0 spiro atoms. The lowest BCUT2D eigenvalue weighted by Crippen LogP contribution is -3.00. The molecule has 0 amide bonds. The van der Waals surface area contributed by atoms with E-state index in [4.69, 9.17) is 0 Å². The minimum atomic E-state index is 0. The molecule has 0 unspecified atom stereocenters. The van der Waals surface area contributed by atoms with Crippen LogP contribution in [0.5, 0.6) is 0 Å². The first-order chi connectivity index (χ1) is 29.5. The smallest absolute Gasteiger partial charge is 0.244 e. The van der Waals surface area contributed by atoms with Gasteiger partial charge < -0.3 is 101 Å². The van der Waals surface area contributed by atoms with Crippen molar-refractivity contribution < 1.29 is 120 Å². The van der Waals surface area contributed by atoms with Crippen LogP contribution in [0.25, 0.3) is 44.1 Å². The van der Waals surface area contributed by atoms with E-state index in [1.165, 1.54) is 147 Å². The van der Waals surface area contributed by atoms with Gasteiger partial charge in [0.2, 0.25) is 25.3 Å². The molecule has 0 atom stereocenters. The van der Waals surface area contributed by atoms with Gasteiger partial charge >= 0.3 is 0 Å². The number of aryl methyl sites for hydroxylation is 8. The molecule has 2 N–H and O–H groups in total. The average molecular weight is 1330 g/mol. The van der Waals surface area contributed by atoms with Crippen molar-refractivity contribution in [3.05, 3.63) is 122 Å². The second-order valence-electron chi connectivity index (χ2n) is 17.3. The van der Waals surface area contributed by atoms with Crippen LogP contribution in [-0.4, -0.2) is 23.7 Å². The predicted molar refractivity (Wildman–Crippen MR) is 250 cm³/mol. The summed E-state index contributed by atoms with van der Waals surface area (Å²) in [5.41, 5.74) is 10.7. The zero-order valence-corrected chi connectivity index (χ0v) is 47.9. The Kier molecular flexibility index (Phi) is 27.9. The predicted octanol–water partition coefficient (Wildman–Crippen LogP) is -2.68. The SMILES string of the molecule is C[n+]1cn(CCCCCCCCCCn2c[n+](C)c3ccccc32)c2ccccc21.C[n+]1cn(CCCCCCCCCCn2c[n+](C)c3ccccc32)c2ccccc21.O.[I-].[I-].[I-].[I-]. The maximum Gasteiger partial charge on any atom is 0.244 e. The van der Waals surface area contributed by atoms with Crippen LogP contribution in [0.4, 0.5) is 0 Å². The number of nitrogens with zero attached hydrogens (tertiary/aromatic N) is 8. The summed E-state index contributed by atoms with van der Waals surface area (Å²) in [6.07, 6.45) is 30.3. The minimum absolute atomic E-state index is 0. The molecule has 0 bridgehead atoms. The molecule has 4 aromatic carbocycles. The molecule has 0 aliphatic heterocycles. The van der Waals surface area contributed by atoms with E-state index in [-0.39, 0.29) is 101 Å². The normalized spacial score (nSPS) is 10.8. The zero-order valence-electron chi connectivity index (χ0n) is 39.3. The molecular formula is C52H74I4N8O. The standard InChI is InChI=1S/2C26H36N4.4HI.H2O/c2*1-27-21-29(25-17-11-9-15-23(25)27)19-13-7-5-3-4-6-8-14-20-30-22-28(2)24-16-10-12-18-26(24)30;;;;;/h2*9-12,15-18,21-22H,3-8,13-14,19-20H2,1-2H3;4*1H;1H2/q2*+2;;;;;/p-4. The number of hydrogen-bond donors (Lipinski definition) is 0. The maximum atomic E-state index is 2.40. The lowest BCUT2D eigenvalue weighted by Gasteiger charge is -2.02. The van der Waals surface area contributed by atoms with Gasteiger partial charge in [-0.15, -0.1) is 0 Å². The Hall–Kier alpha value is -2.36. The van der Waals surface area contributed by atoms with Gasteiger partial charge in [0.1, 0.15) is 0 Å². The van der Waals surface area contributed by atoms with Crippen molar-refractivity contribution in [3.8, 4) is 0 Å². The Morgan fingerprint density at radius 1 is 0.277 bits per heavy atom. The van der Waals surface area contributed by atoms with Crippen molar-refractivity contribution in [2.75, 3.05) is 0 Å². The van der Waals surface area contributed by atoms with Crippen LogP contribution in [0.1, 0.15) is 103 Å². The third kappa shape index (κ3) is 16.4. The van der Waals surface area contributed by atoms with Crippen molar-refractivity contribution in [3.63, 3.8) is 0 Å². The maximum absolute atomic E-state index is 2.40. The fourth-order valence-electron chi connectivity index (χ4n) is 9.32. The quantitative estimate of drug-likeness (QED) is 0.0405. The minimum Gasteiger partial charge on any atom is -1.00 e. The number of imidazole rings is 4. The third-order valence-electron chi connectivity index (χ3n) is 12.6. The Morgan fingerprint density at radius 2 is 0.446 bits per heavy atom. The number of para-hydroxylation sites is 8. The summed E-state index contributed by atoms with van der Waals surface area (Å²) in [5, 5.41) is 0. The highest BCUT2D eigenvalue weighted by molar-refractivity contribution is 5.73. The monoisotopic (exact) mass is 1330 g/mol. The van der Waals surface area contributed by atoms with Crippen LogP contribution in [0, 0.1) is 0 Å². The van der Waals surface area contributed by atoms with Crippen LogP contribution >= 0.6 is 0 Å². The fourth-order valence-corrected chi connectivity index (χ4v) is 9.32. The lowest BCUT2D eigenvalue weighted by atomic mass is 10.1. The number of rotatable bonds is 22. The van der Waals surface area contributed by atoms with E-state index in [2.05, 4.69) is 187 Å². The Morgan fingerprint density at radius 3 is 0.646 bits per heavy atom. The molecule has 4 heterocycles. The van der Waals surface area contributed by atoms with E-state index in [0.29, 0.717) is 0 Å². The topological polar surface area (TPSA) is 66.7 Å². The molecule has 65 heavy (non-hydrogen) atoms. The largest absolute Gasteiger partial charge is 1.00 e. The van der Waals surface area contributed by atoms with Crippen LogP contribution in [0.2, 0.25) is 0 Å². The summed E-state index contributed by atoms with van der Waals surface area (Å²) in [6, 6.07) is 34.7. The molecule has 0 saturated carbocycles. The zero-order chi connectivity index (χ0) is 41.5. The summed E-state index contributed by atoms with van der Waals surface area (Å²) in [7, 11) is 8.55. The van der Waals surface area contributed by atoms with Crippen molar-refractivity contribution in [1.29, 1.82) is 0 Å². The first kappa shape index (κ1) is 58.8. The summed E-state index contributed by atoms with van der Waals surface area (Å²) in [4.78, 5) is 0. The number of unbranched alkanes of at least 4 members (excludes halogenated alkanes) is 14. The van der Waals surface area contributed by atoms with Gasteiger partial charge in [-0.3, -0.25) is 0 Å². The molecule has 0 aliphatic carbocycles. The van der Waals surface area contributed by atoms with Crippen molar-refractivity contribution in [2.45, 2.75) is 129 Å². The summed E-state index contributed by atoms with van der Waals surface area (Å²) >= 11 is 0. The molecular weight excluding hydrogens is 1260 g/mol. The molecule has 356 valence electrons. The Labute approximate surface area is 457 Å². The summed E-state index contributed by atoms with van der Waals surface area (Å²) in [5.74, 6) is 0. The van der Waals surface area contributed by atoms with E-state index >= 15 is 0 Å². The van der Waals surface area contributed by atoms with Crippen molar-refractivity contribution in [2.24, 2.45) is 28.2 Å². The molecule has 13 heteroatoms. The molecule has 4 aromatic heterocycles. The first-order valence-corrected chi connectivity index (χ1v) is 23.2. The van der Waals surface area contributed by atoms with Crippen LogP contribution in [-0.2, 0) is 54.4 Å². The molecule has 0 fully saturated rings. The highest BCUT2D eigenvalue weighted by Gasteiger charge is 2.15. The first-order valence-electron chi connectivity index (χ1n) is 23.2. The number of halogens is 4. The number of aromatic nitrogens is 8. The average Bonchev–Trinajstić information content (AvgIpc) is 3.99. The van der Waals surface area contributed by atoms with Gasteiger partial charge in [-0.05, 0) is 99.9 Å². The van der Waals surface area contributed by atoms with Gasteiger partial charge in [0, 0.05) is 0 Å². The Balaban J connectivity index is 0.000000415. The van der Waals surface area contributed by atoms with E-state index < -0.39 is 0 Å². The van der Waals surface area contributed by atoms with Crippen molar-refractivity contribution >= 4 is 44.1 Å². The molecule has 0 radical (unpaired) electrons. The third-order valence-corrected chi connectivity index (χ3v) is 12.6. The highest BCUT2D eigenvalue weighted by Crippen LogP contribution is 2.17. The van der Waals surface area contributed by atoms with Gasteiger partial charge in [-0.1, -0.05) is 99.9 Å². The van der Waals surface area contributed by atoms with Crippen LogP contribution < -0.4 is 114 Å². The molecule has 0 saturated heterocycles. The molecule has 9 nitrogen and oxygen atoms in total. The fraction of sp³-hybridized carbons (Fsp3) is 0.462. The summed E-state index contributed by atoms with van der Waals surface area (Å²) < 4.78 is 18.5. The van der Waals surface area contributed by atoms with E-state index in [1.54, 1.807) is 0 Å².